The third-order valence-corrected chi connectivity index (χ3v) is 4.91. The lowest BCUT2D eigenvalue weighted by molar-refractivity contribution is -0.171. The molecule has 1 aliphatic rings. The van der Waals surface area contributed by atoms with Crippen molar-refractivity contribution < 1.29 is 41.5 Å². The van der Waals surface area contributed by atoms with Gasteiger partial charge in [-0.2, -0.15) is 8.42 Å². The summed E-state index contributed by atoms with van der Waals surface area (Å²) in [7, 11) is -4.25. The molecule has 1 aromatic rings. The quantitative estimate of drug-likeness (QED) is 0.540. The molecule has 1 heterocycles. The van der Waals surface area contributed by atoms with Crippen molar-refractivity contribution in [3.05, 3.63) is 29.8 Å². The fourth-order valence-corrected chi connectivity index (χ4v) is 3.49. The molecule has 10 heteroatoms. The van der Waals surface area contributed by atoms with Crippen LogP contribution in [-0.4, -0.2) is 56.7 Å². The predicted octanol–water partition coefficient (Wildman–Crippen LogP) is 0.281. The SMILES string of the molecule is CC(=O)OC[C@H]1O[C@@H](O)[C@H](OC(C)=O)[C@H]1OS(=O)(=O)c1ccc(C)cc1. The molecule has 0 aliphatic carbocycles. The Labute approximate surface area is 150 Å². The van der Waals surface area contributed by atoms with E-state index in [1.165, 1.54) is 12.1 Å². The highest BCUT2D eigenvalue weighted by Gasteiger charge is 2.50. The Morgan fingerprint density at radius 2 is 1.73 bits per heavy atom. The minimum Gasteiger partial charge on any atom is -0.463 e. The molecule has 1 aliphatic heterocycles. The van der Waals surface area contributed by atoms with E-state index < -0.39 is 46.7 Å². The van der Waals surface area contributed by atoms with Crippen LogP contribution in [0.2, 0.25) is 0 Å². The minimum absolute atomic E-state index is 0.114. The molecule has 1 fully saturated rings. The molecular weight excluding hydrogens is 368 g/mol. The van der Waals surface area contributed by atoms with Crippen LogP contribution in [0.25, 0.3) is 0 Å². The largest absolute Gasteiger partial charge is 0.463 e. The number of aliphatic hydroxyl groups is 1. The van der Waals surface area contributed by atoms with Gasteiger partial charge >= 0.3 is 11.9 Å². The number of hydrogen-bond acceptors (Lipinski definition) is 9. The van der Waals surface area contributed by atoms with Gasteiger partial charge < -0.3 is 19.3 Å². The number of aliphatic hydroxyl groups excluding tert-OH is 1. The molecular formula is C16H20O9S. The summed E-state index contributed by atoms with van der Waals surface area (Å²) in [5.41, 5.74) is 0.856. The molecule has 4 atom stereocenters. The van der Waals surface area contributed by atoms with Crippen molar-refractivity contribution in [2.75, 3.05) is 6.61 Å². The Morgan fingerprint density at radius 1 is 1.12 bits per heavy atom. The fourth-order valence-electron chi connectivity index (χ4n) is 2.38. The average molecular weight is 388 g/mol. The second kappa shape index (κ2) is 8.12. The molecule has 1 aromatic carbocycles. The zero-order chi connectivity index (χ0) is 19.5. The first kappa shape index (κ1) is 20.3. The first-order valence-electron chi connectivity index (χ1n) is 7.74. The minimum atomic E-state index is -4.25. The van der Waals surface area contributed by atoms with Crippen LogP contribution < -0.4 is 0 Å². The molecule has 0 amide bonds. The zero-order valence-electron chi connectivity index (χ0n) is 14.4. The summed E-state index contributed by atoms with van der Waals surface area (Å²) in [6.07, 6.45) is -5.55. The van der Waals surface area contributed by atoms with Crippen molar-refractivity contribution >= 4 is 22.1 Å². The van der Waals surface area contributed by atoms with Crippen molar-refractivity contribution in [1.82, 2.24) is 0 Å². The van der Waals surface area contributed by atoms with Gasteiger partial charge in [0.1, 0.15) is 18.8 Å². The normalized spacial score (nSPS) is 25.7. The van der Waals surface area contributed by atoms with Crippen molar-refractivity contribution in [3.8, 4) is 0 Å². The topological polar surface area (TPSA) is 125 Å². The Morgan fingerprint density at radius 3 is 2.27 bits per heavy atom. The summed E-state index contributed by atoms with van der Waals surface area (Å²) >= 11 is 0. The van der Waals surface area contributed by atoms with Crippen LogP contribution >= 0.6 is 0 Å². The lowest BCUT2D eigenvalue weighted by Gasteiger charge is -2.22. The van der Waals surface area contributed by atoms with Crippen LogP contribution in [0.3, 0.4) is 0 Å². The van der Waals surface area contributed by atoms with Crippen LogP contribution in [0, 0.1) is 6.92 Å². The third kappa shape index (κ3) is 5.01. The molecule has 0 radical (unpaired) electrons. The van der Waals surface area contributed by atoms with Gasteiger partial charge in [-0.1, -0.05) is 17.7 Å². The van der Waals surface area contributed by atoms with E-state index in [1.807, 2.05) is 0 Å². The van der Waals surface area contributed by atoms with E-state index in [9.17, 15) is 23.1 Å². The monoisotopic (exact) mass is 388 g/mol. The van der Waals surface area contributed by atoms with E-state index >= 15 is 0 Å². The second-order valence-corrected chi connectivity index (χ2v) is 7.34. The van der Waals surface area contributed by atoms with Gasteiger partial charge in [0.2, 0.25) is 0 Å². The van der Waals surface area contributed by atoms with Gasteiger partial charge in [0.05, 0.1) is 4.90 Å². The molecule has 1 saturated heterocycles. The molecule has 0 bridgehead atoms. The number of hydrogen-bond donors (Lipinski definition) is 1. The summed E-state index contributed by atoms with van der Waals surface area (Å²) in [5.74, 6) is -1.38. The van der Waals surface area contributed by atoms with Crippen molar-refractivity contribution in [1.29, 1.82) is 0 Å². The summed E-state index contributed by atoms with van der Waals surface area (Å²) in [6.45, 7) is 3.67. The van der Waals surface area contributed by atoms with Gasteiger partial charge in [0.15, 0.2) is 12.4 Å². The van der Waals surface area contributed by atoms with Crippen molar-refractivity contribution in [2.45, 2.75) is 50.3 Å². The lowest BCUT2D eigenvalue weighted by Crippen LogP contribution is -2.41. The summed E-state index contributed by atoms with van der Waals surface area (Å²) in [6, 6.07) is 5.91. The first-order chi connectivity index (χ1) is 12.1. The van der Waals surface area contributed by atoms with E-state index in [-0.39, 0.29) is 11.5 Å². The van der Waals surface area contributed by atoms with Crippen LogP contribution in [0.1, 0.15) is 19.4 Å². The van der Waals surface area contributed by atoms with E-state index in [0.29, 0.717) is 0 Å². The predicted molar refractivity (Wildman–Crippen MR) is 86.3 cm³/mol. The van der Waals surface area contributed by atoms with E-state index in [0.717, 1.165) is 19.4 Å². The van der Waals surface area contributed by atoms with Gasteiger partial charge in [-0.3, -0.25) is 13.8 Å². The average Bonchev–Trinajstić information content (AvgIpc) is 2.81. The molecule has 0 spiro atoms. The van der Waals surface area contributed by atoms with Crippen LogP contribution in [-0.2, 0) is 38.1 Å². The van der Waals surface area contributed by atoms with Gasteiger partial charge in [-0.25, -0.2) is 0 Å². The van der Waals surface area contributed by atoms with E-state index in [2.05, 4.69) is 0 Å². The number of benzene rings is 1. The summed E-state index contributed by atoms with van der Waals surface area (Å²) in [4.78, 5) is 22.1. The third-order valence-electron chi connectivity index (χ3n) is 3.59. The fraction of sp³-hybridized carbons (Fsp3) is 0.500. The van der Waals surface area contributed by atoms with Crippen molar-refractivity contribution in [2.24, 2.45) is 0 Å². The summed E-state index contributed by atoms with van der Waals surface area (Å²) in [5, 5.41) is 9.93. The molecule has 0 saturated carbocycles. The highest BCUT2D eigenvalue weighted by Crippen LogP contribution is 2.29. The molecule has 1 N–H and O–H groups in total. The molecule has 144 valence electrons. The van der Waals surface area contributed by atoms with Crippen molar-refractivity contribution in [3.63, 3.8) is 0 Å². The lowest BCUT2D eigenvalue weighted by atomic mass is 10.1. The molecule has 2 rings (SSSR count). The van der Waals surface area contributed by atoms with Gasteiger partial charge in [-0.05, 0) is 19.1 Å². The Balaban J connectivity index is 2.26. The maximum atomic E-state index is 12.5. The molecule has 0 unspecified atom stereocenters. The number of ether oxygens (including phenoxy) is 3. The van der Waals surface area contributed by atoms with Gasteiger partial charge in [0.25, 0.3) is 10.1 Å². The highest BCUT2D eigenvalue weighted by atomic mass is 32.2. The Kier molecular flexibility index (Phi) is 6.34. The maximum absolute atomic E-state index is 12.5. The van der Waals surface area contributed by atoms with Crippen LogP contribution in [0.15, 0.2) is 29.2 Å². The molecule has 0 aromatic heterocycles. The number of carbonyl (C=O) groups is 2. The highest BCUT2D eigenvalue weighted by molar-refractivity contribution is 7.86. The molecule has 9 nitrogen and oxygen atoms in total. The summed E-state index contributed by atoms with van der Waals surface area (Å²) < 4.78 is 45.1. The van der Waals surface area contributed by atoms with Crippen LogP contribution in [0.4, 0.5) is 0 Å². The number of aryl methyl sites for hydroxylation is 1. The van der Waals surface area contributed by atoms with Gasteiger partial charge in [-0.15, -0.1) is 0 Å². The maximum Gasteiger partial charge on any atom is 0.303 e. The number of esters is 2. The first-order valence-corrected chi connectivity index (χ1v) is 9.15. The Hall–Kier alpha value is -2.01. The number of carbonyl (C=O) groups excluding carboxylic acids is 2. The smallest absolute Gasteiger partial charge is 0.303 e. The van der Waals surface area contributed by atoms with E-state index in [4.69, 9.17) is 18.4 Å². The van der Waals surface area contributed by atoms with Gasteiger partial charge in [0, 0.05) is 13.8 Å². The van der Waals surface area contributed by atoms with Crippen LogP contribution in [0.5, 0.6) is 0 Å². The Bertz CT molecular complexity index is 756. The zero-order valence-corrected chi connectivity index (χ0v) is 15.3. The second-order valence-electron chi connectivity index (χ2n) is 5.77. The number of rotatable bonds is 6. The molecule has 26 heavy (non-hydrogen) atoms. The van der Waals surface area contributed by atoms with E-state index in [1.54, 1.807) is 19.1 Å². The standard InChI is InChI=1S/C16H20O9S/c1-9-4-6-12(7-5-9)26(20,21)25-14-13(8-22-10(2)17)24-16(19)15(14)23-11(3)18/h4-7,13-16,19H,8H2,1-3H3/t13-,14+,15-,16-/m1/s1.